The first-order valence-electron chi connectivity index (χ1n) is 6.95. The first-order valence-corrected chi connectivity index (χ1v) is 6.95. The van der Waals surface area contributed by atoms with Crippen molar-refractivity contribution in [2.75, 3.05) is 19.7 Å². The zero-order valence-electron chi connectivity index (χ0n) is 11.9. The van der Waals surface area contributed by atoms with Crippen molar-refractivity contribution in [3.63, 3.8) is 0 Å². The molecule has 0 saturated carbocycles. The topological polar surface area (TPSA) is 46.8 Å². The summed E-state index contributed by atoms with van der Waals surface area (Å²) in [6.45, 7) is 7.26. The Balaban J connectivity index is 1.92. The molecular formula is C15H19N3O2. The van der Waals surface area contributed by atoms with Crippen LogP contribution < -0.4 is 5.56 Å². The predicted molar refractivity (Wildman–Crippen MR) is 76.9 cm³/mol. The number of morpholine rings is 1. The van der Waals surface area contributed by atoms with Gasteiger partial charge in [-0.2, -0.15) is 0 Å². The lowest BCUT2D eigenvalue weighted by Crippen LogP contribution is -2.40. The first-order chi connectivity index (χ1) is 9.63. The van der Waals surface area contributed by atoms with E-state index in [-0.39, 0.29) is 11.7 Å². The number of aryl methyl sites for hydroxylation is 1. The molecule has 0 N–H and O–H groups in total. The smallest absolute Gasteiger partial charge is 0.258 e. The van der Waals surface area contributed by atoms with Crippen LogP contribution in [0.1, 0.15) is 18.2 Å². The fraction of sp³-hybridized carbons (Fsp3) is 0.467. The quantitative estimate of drug-likeness (QED) is 0.825. The molecule has 0 aliphatic carbocycles. The molecule has 2 aromatic rings. The summed E-state index contributed by atoms with van der Waals surface area (Å²) in [5.41, 5.74) is 2.58. The molecule has 1 atom stereocenters. The molecule has 5 nitrogen and oxygen atoms in total. The Bertz CT molecular complexity index is 680. The number of hydrogen-bond donors (Lipinski definition) is 0. The second kappa shape index (κ2) is 5.34. The summed E-state index contributed by atoms with van der Waals surface area (Å²) in [6, 6.07) is 5.48. The van der Waals surface area contributed by atoms with E-state index in [4.69, 9.17) is 4.74 Å². The van der Waals surface area contributed by atoms with Crippen LogP contribution in [0.2, 0.25) is 0 Å². The summed E-state index contributed by atoms with van der Waals surface area (Å²) >= 11 is 0. The van der Waals surface area contributed by atoms with Crippen molar-refractivity contribution in [1.29, 1.82) is 0 Å². The zero-order chi connectivity index (χ0) is 14.1. The van der Waals surface area contributed by atoms with Gasteiger partial charge in [-0.05, 0) is 25.5 Å². The number of rotatable bonds is 2. The molecule has 0 radical (unpaired) electrons. The van der Waals surface area contributed by atoms with E-state index in [2.05, 4.69) is 16.8 Å². The van der Waals surface area contributed by atoms with E-state index >= 15 is 0 Å². The lowest BCUT2D eigenvalue weighted by atomic mass is 10.2. The highest BCUT2D eigenvalue weighted by molar-refractivity contribution is 5.46. The van der Waals surface area contributed by atoms with E-state index in [0.29, 0.717) is 6.54 Å². The van der Waals surface area contributed by atoms with E-state index in [9.17, 15) is 4.79 Å². The minimum absolute atomic E-state index is 0.0185. The minimum atomic E-state index is -0.0185. The highest BCUT2D eigenvalue weighted by Crippen LogP contribution is 2.10. The van der Waals surface area contributed by atoms with E-state index < -0.39 is 0 Å². The third-order valence-electron chi connectivity index (χ3n) is 3.65. The van der Waals surface area contributed by atoms with Gasteiger partial charge in [0.15, 0.2) is 0 Å². The molecule has 106 valence electrons. The molecule has 20 heavy (non-hydrogen) atoms. The highest BCUT2D eigenvalue weighted by atomic mass is 16.5. The average Bonchev–Trinajstić information content (AvgIpc) is 2.40. The van der Waals surface area contributed by atoms with Crippen molar-refractivity contribution in [2.45, 2.75) is 26.5 Å². The molecule has 3 heterocycles. The summed E-state index contributed by atoms with van der Waals surface area (Å²) in [4.78, 5) is 19.1. The molecule has 1 saturated heterocycles. The molecule has 0 bridgehead atoms. The molecule has 1 aliphatic heterocycles. The lowest BCUT2D eigenvalue weighted by Gasteiger charge is -2.30. The van der Waals surface area contributed by atoms with Gasteiger partial charge < -0.3 is 4.74 Å². The molecule has 1 fully saturated rings. The number of hydrogen-bond acceptors (Lipinski definition) is 4. The van der Waals surface area contributed by atoms with Gasteiger partial charge >= 0.3 is 0 Å². The number of nitrogens with zero attached hydrogens (tertiary/aromatic N) is 3. The Morgan fingerprint density at radius 2 is 2.35 bits per heavy atom. The third kappa shape index (κ3) is 2.59. The van der Waals surface area contributed by atoms with Crippen molar-refractivity contribution in [3.8, 4) is 0 Å². The van der Waals surface area contributed by atoms with Crippen LogP contribution in [0, 0.1) is 6.92 Å². The van der Waals surface area contributed by atoms with Crippen LogP contribution in [0.25, 0.3) is 5.65 Å². The monoisotopic (exact) mass is 273 g/mol. The van der Waals surface area contributed by atoms with Gasteiger partial charge in [-0.3, -0.25) is 14.1 Å². The maximum absolute atomic E-state index is 12.1. The predicted octanol–water partition coefficient (Wildman–Crippen LogP) is 1.22. The molecule has 1 aliphatic rings. The number of fused-ring (bicyclic) bond motifs is 1. The van der Waals surface area contributed by atoms with Crippen LogP contribution in [0.5, 0.6) is 0 Å². The summed E-state index contributed by atoms with van der Waals surface area (Å²) < 4.78 is 7.13. The lowest BCUT2D eigenvalue weighted by molar-refractivity contribution is -0.0215. The van der Waals surface area contributed by atoms with Gasteiger partial charge in [0.25, 0.3) is 5.56 Å². The normalized spacial score (nSPS) is 20.4. The first kappa shape index (κ1) is 13.3. The summed E-state index contributed by atoms with van der Waals surface area (Å²) in [7, 11) is 0. The summed E-state index contributed by atoms with van der Waals surface area (Å²) in [6.07, 6.45) is 2.00. The molecule has 0 aromatic carbocycles. The van der Waals surface area contributed by atoms with Gasteiger partial charge in [-0.25, -0.2) is 4.98 Å². The van der Waals surface area contributed by atoms with Crippen molar-refractivity contribution < 1.29 is 4.74 Å². The van der Waals surface area contributed by atoms with Crippen LogP contribution in [0.3, 0.4) is 0 Å². The van der Waals surface area contributed by atoms with Gasteiger partial charge in [-0.15, -0.1) is 0 Å². The van der Waals surface area contributed by atoms with Crippen molar-refractivity contribution >= 4 is 5.65 Å². The largest absolute Gasteiger partial charge is 0.376 e. The Morgan fingerprint density at radius 3 is 3.15 bits per heavy atom. The zero-order valence-corrected chi connectivity index (χ0v) is 11.9. The molecule has 0 unspecified atom stereocenters. The Kier molecular flexibility index (Phi) is 3.54. The standard InChI is InChI=1S/C15H19N3O2/c1-11-4-3-5-18-14(19)8-13(16-15(11)18)10-17-6-7-20-12(2)9-17/h3-5,8,12H,6-7,9-10H2,1-2H3/t12-/m1/s1. The third-order valence-corrected chi connectivity index (χ3v) is 3.65. The van der Waals surface area contributed by atoms with Crippen molar-refractivity contribution in [1.82, 2.24) is 14.3 Å². The Labute approximate surface area is 117 Å². The second-order valence-electron chi connectivity index (χ2n) is 5.39. The molecule has 0 spiro atoms. The van der Waals surface area contributed by atoms with Gasteiger partial charge in [0.2, 0.25) is 0 Å². The van der Waals surface area contributed by atoms with Crippen LogP contribution in [-0.2, 0) is 11.3 Å². The number of aromatic nitrogens is 2. The molecule has 3 rings (SSSR count). The molecular weight excluding hydrogens is 254 g/mol. The minimum Gasteiger partial charge on any atom is -0.376 e. The molecule has 0 amide bonds. The fourth-order valence-corrected chi connectivity index (χ4v) is 2.65. The Morgan fingerprint density at radius 1 is 1.50 bits per heavy atom. The Hall–Kier alpha value is -1.72. The van der Waals surface area contributed by atoms with Crippen molar-refractivity contribution in [3.05, 3.63) is 46.0 Å². The van der Waals surface area contributed by atoms with Crippen LogP contribution in [-0.4, -0.2) is 40.1 Å². The highest BCUT2D eigenvalue weighted by Gasteiger charge is 2.17. The van der Waals surface area contributed by atoms with E-state index in [1.165, 1.54) is 0 Å². The van der Waals surface area contributed by atoms with Gasteiger partial charge in [0.1, 0.15) is 5.65 Å². The van der Waals surface area contributed by atoms with E-state index in [1.54, 1.807) is 16.7 Å². The average molecular weight is 273 g/mol. The summed E-state index contributed by atoms with van der Waals surface area (Å²) in [5, 5.41) is 0. The number of pyridine rings is 1. The van der Waals surface area contributed by atoms with Crippen LogP contribution in [0.15, 0.2) is 29.2 Å². The van der Waals surface area contributed by atoms with Gasteiger partial charge in [0, 0.05) is 31.9 Å². The van der Waals surface area contributed by atoms with Crippen LogP contribution in [0.4, 0.5) is 0 Å². The maximum atomic E-state index is 12.1. The summed E-state index contributed by atoms with van der Waals surface area (Å²) in [5.74, 6) is 0. The van der Waals surface area contributed by atoms with E-state index in [0.717, 1.165) is 36.6 Å². The van der Waals surface area contributed by atoms with Crippen molar-refractivity contribution in [2.24, 2.45) is 0 Å². The molecule has 2 aromatic heterocycles. The number of ether oxygens (including phenoxy) is 1. The maximum Gasteiger partial charge on any atom is 0.258 e. The van der Waals surface area contributed by atoms with Gasteiger partial charge in [-0.1, -0.05) is 6.07 Å². The second-order valence-corrected chi connectivity index (χ2v) is 5.39. The SMILES string of the molecule is Cc1cccn2c(=O)cc(CN3CCO[C@H](C)C3)nc12. The van der Waals surface area contributed by atoms with Gasteiger partial charge in [0.05, 0.1) is 18.4 Å². The van der Waals surface area contributed by atoms with E-state index in [1.807, 2.05) is 19.1 Å². The molecule has 5 heteroatoms. The fourth-order valence-electron chi connectivity index (χ4n) is 2.65. The van der Waals surface area contributed by atoms with Crippen LogP contribution >= 0.6 is 0 Å².